The highest BCUT2D eigenvalue weighted by molar-refractivity contribution is 5.59. The lowest BCUT2D eigenvalue weighted by atomic mass is 9.75. The first kappa shape index (κ1) is 51.1. The monoisotopic (exact) mass is 898 g/mol. The molecule has 0 amide bonds. The maximum atomic E-state index is 11.7. The molecule has 3 N–H and O–H groups in total. The minimum atomic E-state index is -0.281. The van der Waals surface area contributed by atoms with Gasteiger partial charge in [0.05, 0.1) is 6.04 Å². The first-order valence-electron chi connectivity index (χ1n) is 24.9. The van der Waals surface area contributed by atoms with Gasteiger partial charge in [-0.15, -0.1) is 0 Å². The lowest BCUT2D eigenvalue weighted by Crippen LogP contribution is -2.22. The van der Waals surface area contributed by atoms with Crippen molar-refractivity contribution in [2.75, 3.05) is 5.32 Å². The molecule has 3 heteroatoms. The molecule has 0 aromatic heterocycles. The predicted molar refractivity (Wildman–Crippen MR) is 288 cm³/mol. The van der Waals surface area contributed by atoms with Crippen molar-refractivity contribution in [2.45, 2.75) is 171 Å². The molecular weight excluding hydrogens is 815 g/mol. The molecule has 356 valence electrons. The highest BCUT2D eigenvalue weighted by atomic mass is 16.3. The van der Waals surface area contributed by atoms with Crippen LogP contribution in [0.3, 0.4) is 0 Å². The number of rotatable bonds is 13. The van der Waals surface area contributed by atoms with Gasteiger partial charge < -0.3 is 15.5 Å². The van der Waals surface area contributed by atoms with Gasteiger partial charge in [-0.3, -0.25) is 0 Å². The normalized spacial score (nSPS) is 13.3. The number of nitrogens with one attached hydrogen (secondary N) is 1. The fourth-order valence-electron chi connectivity index (χ4n) is 9.75. The SMILES string of the molecule is CC(Cc1ccc(Cc2ccc(Cc3ccc(Cc4ccc(NC(c5cc(C(C)(C)C)c(O)c(C(C)(C)C)c5)c5cc(C(C)(C)C)c(O)c(C(C)(C)C)c5)cc4)cc3)cc2)cc1)CC(C)(C)C. The van der Waals surface area contributed by atoms with Gasteiger partial charge in [0.1, 0.15) is 11.5 Å². The molecule has 0 spiro atoms. The van der Waals surface area contributed by atoms with Gasteiger partial charge >= 0.3 is 0 Å². The average molecular weight is 898 g/mol. The number of phenols is 2. The van der Waals surface area contributed by atoms with Crippen molar-refractivity contribution >= 4 is 5.69 Å². The zero-order valence-corrected chi connectivity index (χ0v) is 44.1. The fraction of sp³-hybridized carbons (Fsp3) is 0.438. The molecule has 0 bridgehead atoms. The first-order chi connectivity index (χ1) is 31.0. The fourth-order valence-corrected chi connectivity index (χ4v) is 9.75. The van der Waals surface area contributed by atoms with E-state index in [0.29, 0.717) is 22.8 Å². The Morgan fingerprint density at radius 2 is 0.642 bits per heavy atom. The summed E-state index contributed by atoms with van der Waals surface area (Å²) in [4.78, 5) is 0. The van der Waals surface area contributed by atoms with Crippen molar-refractivity contribution in [3.63, 3.8) is 0 Å². The second-order valence-corrected chi connectivity index (χ2v) is 25.3. The van der Waals surface area contributed by atoms with E-state index in [1.165, 1.54) is 45.4 Å². The van der Waals surface area contributed by atoms with Crippen LogP contribution in [0.15, 0.2) is 121 Å². The Morgan fingerprint density at radius 3 is 0.896 bits per heavy atom. The summed E-state index contributed by atoms with van der Waals surface area (Å²) in [6.45, 7) is 35.4. The van der Waals surface area contributed by atoms with Crippen molar-refractivity contribution in [2.24, 2.45) is 11.3 Å². The Hall–Kier alpha value is -5.28. The topological polar surface area (TPSA) is 52.5 Å². The minimum absolute atomic E-state index is 0.255. The van der Waals surface area contributed by atoms with Crippen molar-refractivity contribution in [3.8, 4) is 11.5 Å². The van der Waals surface area contributed by atoms with Crippen molar-refractivity contribution < 1.29 is 10.2 Å². The number of anilines is 1. The maximum absolute atomic E-state index is 11.7. The van der Waals surface area contributed by atoms with Gasteiger partial charge in [0.15, 0.2) is 0 Å². The molecule has 0 fully saturated rings. The highest BCUT2D eigenvalue weighted by Crippen LogP contribution is 2.45. The van der Waals surface area contributed by atoms with Crippen LogP contribution < -0.4 is 5.32 Å². The van der Waals surface area contributed by atoms with Crippen LogP contribution in [0.2, 0.25) is 0 Å². The van der Waals surface area contributed by atoms with Crippen LogP contribution in [0.4, 0.5) is 5.69 Å². The molecule has 3 nitrogen and oxygen atoms in total. The molecule has 0 saturated heterocycles. The summed E-state index contributed by atoms with van der Waals surface area (Å²) >= 11 is 0. The molecule has 0 aliphatic carbocycles. The molecule has 0 saturated carbocycles. The molecule has 1 atom stereocenters. The molecule has 6 aromatic rings. The zero-order valence-electron chi connectivity index (χ0n) is 44.1. The van der Waals surface area contributed by atoms with Crippen molar-refractivity contribution in [3.05, 3.63) is 194 Å². The van der Waals surface area contributed by atoms with E-state index in [0.717, 1.165) is 64.8 Å². The molecular formula is C64H83NO2. The van der Waals surface area contributed by atoms with E-state index in [2.05, 4.69) is 237 Å². The second-order valence-electron chi connectivity index (χ2n) is 25.3. The molecule has 1 unspecified atom stereocenters. The molecule has 0 radical (unpaired) electrons. The van der Waals surface area contributed by atoms with Gasteiger partial charge in [-0.05, 0) is 174 Å². The summed E-state index contributed by atoms with van der Waals surface area (Å²) in [5, 5.41) is 27.4. The first-order valence-corrected chi connectivity index (χ1v) is 24.9. The van der Waals surface area contributed by atoms with E-state index in [1.807, 2.05) is 0 Å². The smallest absolute Gasteiger partial charge is 0.123 e. The summed E-state index contributed by atoms with van der Waals surface area (Å²) in [6.07, 6.45) is 5.09. The van der Waals surface area contributed by atoms with E-state index in [1.54, 1.807) is 0 Å². The van der Waals surface area contributed by atoms with Crippen molar-refractivity contribution in [1.29, 1.82) is 0 Å². The molecule has 6 rings (SSSR count). The summed E-state index contributed by atoms with van der Waals surface area (Å²) in [7, 11) is 0. The van der Waals surface area contributed by atoms with E-state index in [-0.39, 0.29) is 27.7 Å². The third-order valence-electron chi connectivity index (χ3n) is 13.3. The second kappa shape index (κ2) is 19.7. The van der Waals surface area contributed by atoms with Crippen LogP contribution in [-0.2, 0) is 47.3 Å². The summed E-state index contributed by atoms with van der Waals surface area (Å²) < 4.78 is 0. The Kier molecular flexibility index (Phi) is 15.1. The molecule has 67 heavy (non-hydrogen) atoms. The third-order valence-corrected chi connectivity index (χ3v) is 13.3. The van der Waals surface area contributed by atoms with Crippen LogP contribution in [0, 0.1) is 11.3 Å². The summed E-state index contributed by atoms with van der Waals surface area (Å²) in [6, 6.07) is 44.8. The minimum Gasteiger partial charge on any atom is -0.507 e. The zero-order chi connectivity index (χ0) is 49.3. The third kappa shape index (κ3) is 13.7. The lowest BCUT2D eigenvalue weighted by molar-refractivity contribution is 0.306. The molecule has 0 heterocycles. The number of aromatic hydroxyl groups is 2. The van der Waals surface area contributed by atoms with E-state index >= 15 is 0 Å². The number of hydrogen-bond donors (Lipinski definition) is 3. The van der Waals surface area contributed by atoms with Crippen LogP contribution in [-0.4, -0.2) is 10.2 Å². The maximum Gasteiger partial charge on any atom is 0.123 e. The van der Waals surface area contributed by atoms with Gasteiger partial charge in [0.25, 0.3) is 0 Å². The standard InChI is InChI=1S/C64H83NO2/c1-42(41-60(2,3)4)33-43-17-19-44(20-18-43)34-45-21-23-46(24-22-45)35-47-25-27-48(28-26-47)36-49-29-31-52(32-30-49)65-57(50-37-53(61(5,6)7)58(66)54(38-50)62(8,9)10)51-39-55(63(11,12)13)59(67)56(40-51)64(14,15)16/h17-32,37-40,42,57,65-67H,33-36,41H2,1-16H3. The quantitative estimate of drug-likeness (QED) is 0.108. The van der Waals surface area contributed by atoms with E-state index < -0.39 is 0 Å². The number of benzene rings is 6. The van der Waals surface area contributed by atoms with Gasteiger partial charge in [0, 0.05) is 5.69 Å². The molecule has 6 aromatic carbocycles. The van der Waals surface area contributed by atoms with Gasteiger partial charge in [0.2, 0.25) is 0 Å². The van der Waals surface area contributed by atoms with Crippen LogP contribution >= 0.6 is 0 Å². The summed E-state index contributed by atoms with van der Waals surface area (Å²) in [5.41, 5.74) is 15.4. The predicted octanol–water partition coefficient (Wildman–Crippen LogP) is 16.9. The molecule has 0 aliphatic rings. The average Bonchev–Trinajstić information content (AvgIpc) is 3.20. The summed E-state index contributed by atoms with van der Waals surface area (Å²) in [5.74, 6) is 1.43. The Bertz CT molecular complexity index is 2430. The Morgan fingerprint density at radius 1 is 0.388 bits per heavy atom. The largest absolute Gasteiger partial charge is 0.507 e. The lowest BCUT2D eigenvalue weighted by Gasteiger charge is -2.33. The molecule has 0 aliphatic heterocycles. The van der Waals surface area contributed by atoms with Gasteiger partial charge in [-0.1, -0.05) is 196 Å². The Balaban J connectivity index is 1.18. The van der Waals surface area contributed by atoms with Gasteiger partial charge in [-0.2, -0.15) is 0 Å². The van der Waals surface area contributed by atoms with Crippen LogP contribution in [0.25, 0.3) is 0 Å². The number of hydrogen-bond acceptors (Lipinski definition) is 3. The van der Waals surface area contributed by atoms with Crippen LogP contribution in [0.5, 0.6) is 11.5 Å². The highest BCUT2D eigenvalue weighted by Gasteiger charge is 2.32. The number of phenolic OH excluding ortho intramolecular Hbond substituents is 2. The van der Waals surface area contributed by atoms with Gasteiger partial charge in [-0.25, -0.2) is 0 Å². The van der Waals surface area contributed by atoms with E-state index in [4.69, 9.17) is 0 Å². The van der Waals surface area contributed by atoms with E-state index in [9.17, 15) is 10.2 Å². The van der Waals surface area contributed by atoms with Crippen LogP contribution in [0.1, 0.15) is 196 Å². The van der Waals surface area contributed by atoms with Crippen molar-refractivity contribution in [1.82, 2.24) is 0 Å². The Labute approximate surface area is 406 Å².